The van der Waals surface area contributed by atoms with Crippen LogP contribution in [0.2, 0.25) is 0 Å². The molecule has 0 aromatic carbocycles. The molecule has 1 rings (SSSR count). The van der Waals surface area contributed by atoms with Gasteiger partial charge in [-0.1, -0.05) is 19.3 Å². The molecule has 0 amide bonds. The molecule has 2 N–H and O–H groups in total. The first kappa shape index (κ1) is 16.7. The van der Waals surface area contributed by atoms with E-state index in [4.69, 9.17) is 14.9 Å². The van der Waals surface area contributed by atoms with E-state index in [1.165, 1.54) is 0 Å². The summed E-state index contributed by atoms with van der Waals surface area (Å²) in [7, 11) is 0. The summed E-state index contributed by atoms with van der Waals surface area (Å²) in [5.74, 6) is -2.58. The van der Waals surface area contributed by atoms with Gasteiger partial charge in [-0.15, -0.1) is 0 Å². The molecule has 6 nitrogen and oxygen atoms in total. The molecule has 0 heterocycles. The van der Waals surface area contributed by atoms with Crippen LogP contribution in [0.15, 0.2) is 11.6 Å². The van der Waals surface area contributed by atoms with Gasteiger partial charge in [0, 0.05) is 6.08 Å². The summed E-state index contributed by atoms with van der Waals surface area (Å²) >= 11 is 0. The maximum Gasteiger partial charge on any atom is 0.334 e. The first-order valence-corrected chi connectivity index (χ1v) is 6.71. The fourth-order valence-corrected chi connectivity index (χ4v) is 2.24. The Morgan fingerprint density at radius 3 is 2.05 bits per heavy atom. The van der Waals surface area contributed by atoms with Crippen LogP contribution in [0, 0.1) is 0 Å². The van der Waals surface area contributed by atoms with Crippen molar-refractivity contribution in [1.29, 1.82) is 0 Å². The first-order valence-electron chi connectivity index (χ1n) is 6.71. The van der Waals surface area contributed by atoms with E-state index in [1.54, 1.807) is 20.8 Å². The summed E-state index contributed by atoms with van der Waals surface area (Å²) < 4.78 is 0. The minimum Gasteiger partial charge on any atom is -0.478 e. The van der Waals surface area contributed by atoms with Crippen molar-refractivity contribution in [3.05, 3.63) is 11.6 Å². The Labute approximate surface area is 118 Å². The van der Waals surface area contributed by atoms with Gasteiger partial charge in [-0.2, -0.15) is 0 Å². The van der Waals surface area contributed by atoms with Crippen molar-refractivity contribution >= 4 is 11.9 Å². The van der Waals surface area contributed by atoms with Crippen molar-refractivity contribution in [2.24, 2.45) is 0 Å². The molecule has 114 valence electrons. The fourth-order valence-electron chi connectivity index (χ4n) is 2.24. The van der Waals surface area contributed by atoms with Crippen molar-refractivity contribution in [2.45, 2.75) is 64.1 Å². The molecule has 6 heteroatoms. The quantitative estimate of drug-likeness (QED) is 0.458. The Morgan fingerprint density at radius 2 is 1.65 bits per heavy atom. The molecule has 0 spiro atoms. The Bertz CT molecular complexity index is 398. The van der Waals surface area contributed by atoms with Gasteiger partial charge < -0.3 is 10.2 Å². The largest absolute Gasteiger partial charge is 0.478 e. The highest BCUT2D eigenvalue weighted by atomic mass is 17.2. The molecule has 0 radical (unpaired) electrons. The van der Waals surface area contributed by atoms with Gasteiger partial charge in [0.1, 0.15) is 5.60 Å². The van der Waals surface area contributed by atoms with Crippen LogP contribution in [0.4, 0.5) is 0 Å². The standard InChI is InChI=1S/C14H22O6/c1-13(2,3)19-20-14(7-5-4-6-8-14)10(12(17)18)9-11(15)16/h9H,4-8H2,1-3H3,(H,15,16)(H,17,18). The van der Waals surface area contributed by atoms with Gasteiger partial charge in [0.05, 0.1) is 11.2 Å². The molecule has 0 atom stereocenters. The van der Waals surface area contributed by atoms with E-state index >= 15 is 0 Å². The lowest BCUT2D eigenvalue weighted by atomic mass is 9.79. The van der Waals surface area contributed by atoms with Gasteiger partial charge in [-0.25, -0.2) is 19.4 Å². The molecule has 1 fully saturated rings. The van der Waals surface area contributed by atoms with Crippen LogP contribution in [-0.2, 0) is 19.4 Å². The average molecular weight is 286 g/mol. The third-order valence-corrected chi connectivity index (χ3v) is 3.10. The lowest BCUT2D eigenvalue weighted by molar-refractivity contribution is -0.399. The lowest BCUT2D eigenvalue weighted by Crippen LogP contribution is -2.42. The predicted octanol–water partition coefficient (Wildman–Crippen LogP) is 2.53. The minimum atomic E-state index is -1.30. The smallest absolute Gasteiger partial charge is 0.334 e. The van der Waals surface area contributed by atoms with Crippen molar-refractivity contribution in [2.75, 3.05) is 0 Å². The normalized spacial score (nSPS) is 19.6. The van der Waals surface area contributed by atoms with E-state index in [9.17, 15) is 14.7 Å². The van der Waals surface area contributed by atoms with Crippen molar-refractivity contribution in [1.82, 2.24) is 0 Å². The molecule has 1 saturated carbocycles. The van der Waals surface area contributed by atoms with E-state index in [2.05, 4.69) is 0 Å². The van der Waals surface area contributed by atoms with Crippen molar-refractivity contribution in [3.63, 3.8) is 0 Å². The number of carbonyl (C=O) groups is 2. The summed E-state index contributed by atoms with van der Waals surface area (Å²) in [6.45, 7) is 5.35. The molecule has 20 heavy (non-hydrogen) atoms. The van der Waals surface area contributed by atoms with Crippen LogP contribution in [0.1, 0.15) is 52.9 Å². The van der Waals surface area contributed by atoms with Crippen LogP contribution >= 0.6 is 0 Å². The number of hydrogen-bond acceptors (Lipinski definition) is 4. The third-order valence-electron chi connectivity index (χ3n) is 3.10. The molecule has 0 aromatic heterocycles. The molecule has 1 aliphatic rings. The zero-order chi connectivity index (χ0) is 15.4. The SMILES string of the molecule is CC(C)(C)OOC1(C(=CC(=O)O)C(=O)O)CCCCC1. The van der Waals surface area contributed by atoms with Gasteiger partial charge in [-0.05, 0) is 33.6 Å². The first-order chi connectivity index (χ1) is 9.16. The van der Waals surface area contributed by atoms with Crippen LogP contribution in [0.5, 0.6) is 0 Å². The number of hydrogen-bond donors (Lipinski definition) is 2. The van der Waals surface area contributed by atoms with Crippen molar-refractivity contribution < 1.29 is 29.6 Å². The second-order valence-electron chi connectivity index (χ2n) is 6.04. The van der Waals surface area contributed by atoms with Gasteiger partial charge in [-0.3, -0.25) is 0 Å². The summed E-state index contributed by atoms with van der Waals surface area (Å²) in [5.41, 5.74) is -2.04. The Balaban J connectivity index is 3.08. The average Bonchev–Trinajstić information content (AvgIpc) is 2.33. The van der Waals surface area contributed by atoms with Crippen LogP contribution in [0.3, 0.4) is 0 Å². The molecule has 0 saturated heterocycles. The van der Waals surface area contributed by atoms with Crippen LogP contribution < -0.4 is 0 Å². The van der Waals surface area contributed by atoms with E-state index in [0.717, 1.165) is 19.3 Å². The van der Waals surface area contributed by atoms with E-state index < -0.39 is 23.1 Å². The zero-order valence-electron chi connectivity index (χ0n) is 12.1. The van der Waals surface area contributed by atoms with Crippen LogP contribution in [0.25, 0.3) is 0 Å². The monoisotopic (exact) mass is 286 g/mol. The molecule has 0 unspecified atom stereocenters. The molecular formula is C14H22O6. The minimum absolute atomic E-state index is 0.256. The van der Waals surface area contributed by atoms with E-state index in [-0.39, 0.29) is 5.57 Å². The van der Waals surface area contributed by atoms with Crippen molar-refractivity contribution in [3.8, 4) is 0 Å². The highest BCUT2D eigenvalue weighted by Gasteiger charge is 2.43. The predicted molar refractivity (Wildman–Crippen MR) is 71.1 cm³/mol. The topological polar surface area (TPSA) is 93.1 Å². The highest BCUT2D eigenvalue weighted by molar-refractivity contribution is 5.96. The number of rotatable bonds is 5. The molecule has 1 aliphatic carbocycles. The summed E-state index contributed by atoms with van der Waals surface area (Å²) in [5, 5.41) is 18.2. The van der Waals surface area contributed by atoms with E-state index in [1.807, 2.05) is 0 Å². The molecule has 0 aromatic rings. The highest BCUT2D eigenvalue weighted by Crippen LogP contribution is 2.39. The molecule has 0 aliphatic heterocycles. The Kier molecular flexibility index (Phi) is 5.30. The summed E-state index contributed by atoms with van der Waals surface area (Å²) in [4.78, 5) is 33.0. The second kappa shape index (κ2) is 6.37. The van der Waals surface area contributed by atoms with Crippen LogP contribution in [-0.4, -0.2) is 33.4 Å². The maximum atomic E-state index is 11.4. The molecule has 0 bridgehead atoms. The summed E-state index contributed by atoms with van der Waals surface area (Å²) in [6, 6.07) is 0. The van der Waals surface area contributed by atoms with Gasteiger partial charge >= 0.3 is 11.9 Å². The second-order valence-corrected chi connectivity index (χ2v) is 6.04. The van der Waals surface area contributed by atoms with Gasteiger partial charge in [0.15, 0.2) is 0 Å². The Hall–Kier alpha value is -1.40. The third kappa shape index (κ3) is 4.61. The number of aliphatic carboxylic acids is 2. The summed E-state index contributed by atoms with van der Waals surface area (Å²) in [6.07, 6.45) is 4.11. The number of carboxylic acids is 2. The number of carboxylic acid groups (broad SMARTS) is 2. The Morgan fingerprint density at radius 1 is 1.10 bits per heavy atom. The lowest BCUT2D eigenvalue weighted by Gasteiger charge is -2.37. The van der Waals surface area contributed by atoms with Gasteiger partial charge in [0.25, 0.3) is 0 Å². The van der Waals surface area contributed by atoms with Gasteiger partial charge in [0.2, 0.25) is 0 Å². The van der Waals surface area contributed by atoms with E-state index in [0.29, 0.717) is 18.9 Å². The maximum absolute atomic E-state index is 11.4. The fraction of sp³-hybridized carbons (Fsp3) is 0.714. The molecular weight excluding hydrogens is 264 g/mol. The zero-order valence-corrected chi connectivity index (χ0v) is 12.1.